The molecule has 0 bridgehead atoms. The van der Waals surface area contributed by atoms with Crippen LogP contribution in [0.15, 0.2) is 16.9 Å². The first-order valence-corrected chi connectivity index (χ1v) is 3.43. The summed E-state index contributed by atoms with van der Waals surface area (Å²) in [4.78, 5) is 24.6. The number of carbonyl (C=O) groups is 1. The Balaban J connectivity index is 3.17. The molecule has 12 heavy (non-hydrogen) atoms. The number of H-pyrrole nitrogens is 1. The first-order chi connectivity index (χ1) is 5.63. The molecule has 0 aliphatic carbocycles. The third-order valence-corrected chi connectivity index (χ3v) is 1.38. The number of carbonyl (C=O) groups excluding carboxylic acids is 1. The van der Waals surface area contributed by atoms with Gasteiger partial charge in [-0.25, -0.2) is 4.79 Å². The zero-order valence-electron chi connectivity index (χ0n) is 6.88. The van der Waals surface area contributed by atoms with E-state index in [1.807, 2.05) is 0 Å². The molecule has 4 nitrogen and oxygen atoms in total. The minimum absolute atomic E-state index is 0.183. The maximum absolute atomic E-state index is 10.9. The summed E-state index contributed by atoms with van der Waals surface area (Å²) < 4.78 is 4.44. The number of aromatic nitrogens is 1. The Labute approximate surface area is 69.2 Å². The molecule has 0 spiro atoms. The van der Waals surface area contributed by atoms with E-state index in [1.165, 1.54) is 19.2 Å². The number of pyridine rings is 1. The van der Waals surface area contributed by atoms with Gasteiger partial charge >= 0.3 is 5.97 Å². The van der Waals surface area contributed by atoms with E-state index in [1.54, 1.807) is 6.92 Å². The minimum atomic E-state index is -0.532. The van der Waals surface area contributed by atoms with Crippen molar-refractivity contribution in [2.24, 2.45) is 0 Å². The van der Waals surface area contributed by atoms with Crippen molar-refractivity contribution in [3.05, 3.63) is 33.7 Å². The van der Waals surface area contributed by atoms with Crippen molar-refractivity contribution in [3.8, 4) is 0 Å². The SMILES string of the molecule is COC(=O)c1cc(=O)cc(C)[nH]1. The average Bonchev–Trinajstić information content (AvgIpc) is 2.01. The van der Waals surface area contributed by atoms with Gasteiger partial charge in [-0.3, -0.25) is 4.79 Å². The largest absolute Gasteiger partial charge is 0.464 e. The number of ether oxygens (including phenoxy) is 1. The zero-order chi connectivity index (χ0) is 9.14. The number of aryl methyl sites for hydroxylation is 1. The molecule has 4 heteroatoms. The lowest BCUT2D eigenvalue weighted by atomic mass is 10.3. The van der Waals surface area contributed by atoms with Crippen LogP contribution in [-0.2, 0) is 4.74 Å². The highest BCUT2D eigenvalue weighted by Gasteiger charge is 2.05. The Hall–Kier alpha value is -1.58. The van der Waals surface area contributed by atoms with Crippen LogP contribution in [0.3, 0.4) is 0 Å². The standard InChI is InChI=1S/C8H9NO3/c1-5-3-6(10)4-7(9-5)8(11)12-2/h3-4H,1-2H3,(H,9,10). The van der Waals surface area contributed by atoms with Crippen LogP contribution in [-0.4, -0.2) is 18.1 Å². The smallest absolute Gasteiger partial charge is 0.354 e. The molecule has 0 amide bonds. The van der Waals surface area contributed by atoms with Crippen LogP contribution in [0, 0.1) is 6.92 Å². The number of hydrogen-bond donors (Lipinski definition) is 1. The fraction of sp³-hybridized carbons (Fsp3) is 0.250. The van der Waals surface area contributed by atoms with Crippen LogP contribution in [0.1, 0.15) is 16.2 Å². The highest BCUT2D eigenvalue weighted by molar-refractivity contribution is 5.86. The predicted molar refractivity (Wildman–Crippen MR) is 43.1 cm³/mol. The number of esters is 1. The second-order valence-corrected chi connectivity index (χ2v) is 2.40. The van der Waals surface area contributed by atoms with Crippen molar-refractivity contribution in [2.45, 2.75) is 6.92 Å². The molecule has 1 aromatic heterocycles. The van der Waals surface area contributed by atoms with Gasteiger partial charge < -0.3 is 9.72 Å². The summed E-state index contributed by atoms with van der Waals surface area (Å²) in [6, 6.07) is 2.62. The van der Waals surface area contributed by atoms with Gasteiger partial charge in [0, 0.05) is 17.8 Å². The number of hydrogen-bond acceptors (Lipinski definition) is 3. The quantitative estimate of drug-likeness (QED) is 0.618. The van der Waals surface area contributed by atoms with Crippen LogP contribution in [0.5, 0.6) is 0 Å². The van der Waals surface area contributed by atoms with E-state index in [-0.39, 0.29) is 11.1 Å². The van der Waals surface area contributed by atoms with Crippen molar-refractivity contribution in [1.82, 2.24) is 4.98 Å². The van der Waals surface area contributed by atoms with Gasteiger partial charge in [0.05, 0.1) is 7.11 Å². The van der Waals surface area contributed by atoms with Crippen LogP contribution in [0.2, 0.25) is 0 Å². The van der Waals surface area contributed by atoms with Gasteiger partial charge in [-0.1, -0.05) is 0 Å². The summed E-state index contributed by atoms with van der Waals surface area (Å²) in [6.45, 7) is 1.70. The lowest BCUT2D eigenvalue weighted by Crippen LogP contribution is -2.10. The molecular weight excluding hydrogens is 158 g/mol. The first kappa shape index (κ1) is 8.52. The van der Waals surface area contributed by atoms with Gasteiger partial charge in [0.15, 0.2) is 5.43 Å². The van der Waals surface area contributed by atoms with Crippen LogP contribution in [0.4, 0.5) is 0 Å². The first-order valence-electron chi connectivity index (χ1n) is 3.43. The molecule has 1 aromatic rings. The van der Waals surface area contributed by atoms with E-state index in [2.05, 4.69) is 9.72 Å². The third kappa shape index (κ3) is 1.72. The average molecular weight is 167 g/mol. The summed E-state index contributed by atoms with van der Waals surface area (Å²) in [5.74, 6) is -0.532. The Kier molecular flexibility index (Phi) is 2.28. The molecule has 0 radical (unpaired) electrons. The van der Waals surface area contributed by atoms with Gasteiger partial charge in [0.1, 0.15) is 5.69 Å². The highest BCUT2D eigenvalue weighted by Crippen LogP contribution is 1.94. The molecule has 0 aliphatic heterocycles. The van der Waals surface area contributed by atoms with Crippen molar-refractivity contribution in [3.63, 3.8) is 0 Å². The fourth-order valence-corrected chi connectivity index (χ4v) is 0.902. The molecule has 0 atom stereocenters. The Morgan fingerprint density at radius 2 is 2.17 bits per heavy atom. The van der Waals surface area contributed by atoms with Crippen molar-refractivity contribution in [2.75, 3.05) is 7.11 Å². The molecule has 0 saturated carbocycles. The number of aromatic amines is 1. The summed E-state index contributed by atoms with van der Waals surface area (Å²) >= 11 is 0. The monoisotopic (exact) mass is 167 g/mol. The van der Waals surface area contributed by atoms with Gasteiger partial charge in [-0.2, -0.15) is 0 Å². The summed E-state index contributed by atoms with van der Waals surface area (Å²) in [5.41, 5.74) is 0.622. The van der Waals surface area contributed by atoms with Gasteiger partial charge in [0.25, 0.3) is 0 Å². The maximum atomic E-state index is 10.9. The number of rotatable bonds is 1. The Morgan fingerprint density at radius 1 is 1.50 bits per heavy atom. The fourth-order valence-electron chi connectivity index (χ4n) is 0.902. The minimum Gasteiger partial charge on any atom is -0.464 e. The van der Waals surface area contributed by atoms with Crippen molar-refractivity contribution < 1.29 is 9.53 Å². The molecule has 0 fully saturated rings. The predicted octanol–water partition coefficient (Wildman–Crippen LogP) is 0.470. The van der Waals surface area contributed by atoms with Crippen molar-refractivity contribution in [1.29, 1.82) is 0 Å². The molecule has 1 N–H and O–H groups in total. The van der Waals surface area contributed by atoms with E-state index >= 15 is 0 Å². The molecule has 0 saturated heterocycles. The van der Waals surface area contributed by atoms with Gasteiger partial charge in [-0.05, 0) is 6.92 Å². The summed E-state index contributed by atoms with van der Waals surface area (Å²) in [7, 11) is 1.27. The second kappa shape index (κ2) is 3.21. The van der Waals surface area contributed by atoms with E-state index in [0.717, 1.165) is 0 Å². The highest BCUT2D eigenvalue weighted by atomic mass is 16.5. The van der Waals surface area contributed by atoms with Crippen LogP contribution >= 0.6 is 0 Å². The third-order valence-electron chi connectivity index (χ3n) is 1.38. The van der Waals surface area contributed by atoms with E-state index in [9.17, 15) is 9.59 Å². The van der Waals surface area contributed by atoms with Crippen molar-refractivity contribution >= 4 is 5.97 Å². The Morgan fingerprint density at radius 3 is 2.67 bits per heavy atom. The zero-order valence-corrected chi connectivity index (χ0v) is 6.88. The van der Waals surface area contributed by atoms with Crippen LogP contribution in [0.25, 0.3) is 0 Å². The van der Waals surface area contributed by atoms with Crippen LogP contribution < -0.4 is 5.43 Å². The number of nitrogens with one attached hydrogen (secondary N) is 1. The Bertz CT molecular complexity index is 354. The second-order valence-electron chi connectivity index (χ2n) is 2.40. The van der Waals surface area contributed by atoms with Gasteiger partial charge in [-0.15, -0.1) is 0 Å². The van der Waals surface area contributed by atoms with E-state index < -0.39 is 5.97 Å². The lowest BCUT2D eigenvalue weighted by Gasteiger charge is -1.99. The van der Waals surface area contributed by atoms with E-state index in [0.29, 0.717) is 5.69 Å². The summed E-state index contributed by atoms with van der Waals surface area (Å²) in [5, 5.41) is 0. The van der Waals surface area contributed by atoms with E-state index in [4.69, 9.17) is 0 Å². The molecule has 0 aliphatic rings. The molecule has 0 unspecified atom stereocenters. The molecule has 0 aromatic carbocycles. The lowest BCUT2D eigenvalue weighted by molar-refractivity contribution is 0.0593. The topological polar surface area (TPSA) is 59.2 Å². The maximum Gasteiger partial charge on any atom is 0.354 e. The van der Waals surface area contributed by atoms with Gasteiger partial charge in [0.2, 0.25) is 0 Å². The summed E-state index contributed by atoms with van der Waals surface area (Å²) in [6.07, 6.45) is 0. The number of methoxy groups -OCH3 is 1. The molecule has 1 rings (SSSR count). The molecule has 64 valence electrons. The normalized spacial score (nSPS) is 9.50. The molecule has 1 heterocycles. The molecular formula is C8H9NO3.